The van der Waals surface area contributed by atoms with Crippen LogP contribution in [0, 0.1) is 6.92 Å². The molecular weight excluding hydrogens is 422 g/mol. The Morgan fingerprint density at radius 2 is 1.79 bits per heavy atom. The SMILES string of the molecule is COC(=O)c1ccc(OCc2ccc(C(=O)Nc3cnn(Cc4ccc(C)cc4)c3)o2)cc1. The van der Waals surface area contributed by atoms with Gasteiger partial charge in [0, 0.05) is 6.20 Å². The van der Waals surface area contributed by atoms with E-state index in [2.05, 4.69) is 39.4 Å². The third kappa shape index (κ3) is 5.68. The van der Waals surface area contributed by atoms with Crippen LogP contribution in [0.15, 0.2) is 77.5 Å². The van der Waals surface area contributed by atoms with Crippen LogP contribution in [0.5, 0.6) is 5.75 Å². The van der Waals surface area contributed by atoms with E-state index in [0.29, 0.717) is 29.3 Å². The molecule has 0 spiro atoms. The summed E-state index contributed by atoms with van der Waals surface area (Å²) in [6.07, 6.45) is 3.36. The number of aryl methyl sites for hydroxylation is 1. The van der Waals surface area contributed by atoms with Gasteiger partial charge >= 0.3 is 5.97 Å². The molecule has 0 saturated carbocycles. The van der Waals surface area contributed by atoms with Crippen LogP contribution in [-0.4, -0.2) is 28.8 Å². The monoisotopic (exact) mass is 445 g/mol. The number of carbonyl (C=O) groups is 2. The van der Waals surface area contributed by atoms with Crippen molar-refractivity contribution in [2.75, 3.05) is 12.4 Å². The maximum atomic E-state index is 12.5. The summed E-state index contributed by atoms with van der Waals surface area (Å²) in [6, 6.07) is 18.0. The molecule has 0 radical (unpaired) electrons. The minimum atomic E-state index is -0.413. The molecule has 4 aromatic rings. The summed E-state index contributed by atoms with van der Waals surface area (Å²) in [5.41, 5.74) is 3.33. The molecule has 0 saturated heterocycles. The van der Waals surface area contributed by atoms with Crippen LogP contribution in [0.3, 0.4) is 0 Å². The second-order valence-corrected chi connectivity index (χ2v) is 7.44. The number of furan rings is 1. The zero-order chi connectivity index (χ0) is 23.2. The fourth-order valence-electron chi connectivity index (χ4n) is 3.12. The van der Waals surface area contributed by atoms with Crippen LogP contribution in [-0.2, 0) is 17.9 Å². The number of amides is 1. The fraction of sp³-hybridized carbons (Fsp3) is 0.160. The highest BCUT2D eigenvalue weighted by atomic mass is 16.5. The van der Waals surface area contributed by atoms with Gasteiger partial charge in [0.25, 0.3) is 5.91 Å². The highest BCUT2D eigenvalue weighted by Gasteiger charge is 2.13. The van der Waals surface area contributed by atoms with Crippen LogP contribution in [0.25, 0.3) is 0 Å². The van der Waals surface area contributed by atoms with Gasteiger partial charge in [0.15, 0.2) is 5.76 Å². The average molecular weight is 445 g/mol. The summed E-state index contributed by atoms with van der Waals surface area (Å²) in [5.74, 6) is 0.432. The van der Waals surface area contributed by atoms with Crippen LogP contribution >= 0.6 is 0 Å². The number of ether oxygens (including phenoxy) is 2. The molecule has 0 aliphatic carbocycles. The molecule has 4 rings (SSSR count). The first-order valence-corrected chi connectivity index (χ1v) is 10.3. The second kappa shape index (κ2) is 9.86. The Hall–Kier alpha value is -4.33. The lowest BCUT2D eigenvalue weighted by atomic mass is 10.1. The third-order valence-corrected chi connectivity index (χ3v) is 4.90. The molecule has 168 valence electrons. The van der Waals surface area contributed by atoms with Gasteiger partial charge in [-0.25, -0.2) is 4.79 Å². The largest absolute Gasteiger partial charge is 0.486 e. The number of anilines is 1. The maximum absolute atomic E-state index is 12.5. The summed E-state index contributed by atoms with van der Waals surface area (Å²) in [4.78, 5) is 24.0. The number of nitrogens with zero attached hydrogens (tertiary/aromatic N) is 2. The van der Waals surface area contributed by atoms with E-state index in [9.17, 15) is 9.59 Å². The molecular formula is C25H23N3O5. The van der Waals surface area contributed by atoms with Gasteiger partial charge in [-0.2, -0.15) is 5.10 Å². The minimum absolute atomic E-state index is 0.138. The number of aromatic nitrogens is 2. The van der Waals surface area contributed by atoms with E-state index in [4.69, 9.17) is 9.15 Å². The standard InChI is InChI=1S/C25H23N3O5/c1-17-3-5-18(6-4-17)14-28-15-20(13-26-28)27-24(29)23-12-11-22(33-23)16-32-21-9-7-19(8-10-21)25(30)31-2/h3-13,15H,14,16H2,1-2H3,(H,27,29). The molecule has 33 heavy (non-hydrogen) atoms. The van der Waals surface area contributed by atoms with Crippen molar-refractivity contribution in [3.63, 3.8) is 0 Å². The molecule has 0 aliphatic heterocycles. The Morgan fingerprint density at radius 1 is 1.03 bits per heavy atom. The van der Waals surface area contributed by atoms with Crippen molar-refractivity contribution in [3.8, 4) is 5.75 Å². The first-order chi connectivity index (χ1) is 16.0. The van der Waals surface area contributed by atoms with Gasteiger partial charge in [0.05, 0.1) is 31.1 Å². The molecule has 0 aliphatic rings. The normalized spacial score (nSPS) is 10.6. The number of rotatable bonds is 8. The highest BCUT2D eigenvalue weighted by Crippen LogP contribution is 2.17. The molecule has 0 atom stereocenters. The van der Waals surface area contributed by atoms with Crippen molar-refractivity contribution in [2.45, 2.75) is 20.1 Å². The number of hydrogen-bond donors (Lipinski definition) is 1. The van der Waals surface area contributed by atoms with Crippen molar-refractivity contribution < 1.29 is 23.5 Å². The Balaban J connectivity index is 1.30. The van der Waals surface area contributed by atoms with E-state index in [1.54, 1.807) is 53.5 Å². The minimum Gasteiger partial charge on any atom is -0.486 e. The topological polar surface area (TPSA) is 95.6 Å². The van der Waals surface area contributed by atoms with Gasteiger partial charge in [-0.1, -0.05) is 29.8 Å². The Labute approximate surface area is 190 Å². The number of benzene rings is 2. The first kappa shape index (κ1) is 21.9. The fourth-order valence-corrected chi connectivity index (χ4v) is 3.12. The van der Waals surface area contributed by atoms with Gasteiger partial charge < -0.3 is 19.2 Å². The zero-order valence-corrected chi connectivity index (χ0v) is 18.3. The molecule has 0 unspecified atom stereocenters. The van der Waals surface area contributed by atoms with Crippen molar-refractivity contribution >= 4 is 17.6 Å². The number of hydrogen-bond acceptors (Lipinski definition) is 6. The van der Waals surface area contributed by atoms with Crippen molar-refractivity contribution in [1.29, 1.82) is 0 Å². The van der Waals surface area contributed by atoms with Gasteiger partial charge in [-0.3, -0.25) is 9.48 Å². The summed E-state index contributed by atoms with van der Waals surface area (Å²) < 4.78 is 17.7. The molecule has 8 nitrogen and oxygen atoms in total. The number of esters is 1. The highest BCUT2D eigenvalue weighted by molar-refractivity contribution is 6.02. The lowest BCUT2D eigenvalue weighted by Crippen LogP contribution is -2.10. The van der Waals surface area contributed by atoms with Gasteiger partial charge in [0.2, 0.25) is 0 Å². The van der Waals surface area contributed by atoms with Crippen LogP contribution < -0.4 is 10.1 Å². The summed E-state index contributed by atoms with van der Waals surface area (Å²) in [5, 5.41) is 7.08. The van der Waals surface area contributed by atoms with Gasteiger partial charge in [-0.05, 0) is 48.9 Å². The lowest BCUT2D eigenvalue weighted by Gasteiger charge is -2.05. The lowest BCUT2D eigenvalue weighted by molar-refractivity contribution is 0.0600. The predicted molar refractivity (Wildman–Crippen MR) is 121 cm³/mol. The Kier molecular flexibility index (Phi) is 6.54. The summed E-state index contributed by atoms with van der Waals surface area (Å²) in [7, 11) is 1.33. The van der Waals surface area contributed by atoms with E-state index >= 15 is 0 Å². The number of methoxy groups -OCH3 is 1. The predicted octanol–water partition coefficient (Wildman–Crippen LogP) is 4.45. The van der Waals surface area contributed by atoms with E-state index < -0.39 is 5.97 Å². The molecule has 1 N–H and O–H groups in total. The third-order valence-electron chi connectivity index (χ3n) is 4.90. The van der Waals surface area contributed by atoms with E-state index in [0.717, 1.165) is 5.56 Å². The van der Waals surface area contributed by atoms with Crippen LogP contribution in [0.2, 0.25) is 0 Å². The summed E-state index contributed by atoms with van der Waals surface area (Å²) in [6.45, 7) is 2.79. The molecule has 8 heteroatoms. The smallest absolute Gasteiger partial charge is 0.337 e. The molecule has 0 bridgehead atoms. The maximum Gasteiger partial charge on any atom is 0.337 e. The molecule has 2 aromatic heterocycles. The van der Waals surface area contributed by atoms with Crippen LogP contribution in [0.4, 0.5) is 5.69 Å². The van der Waals surface area contributed by atoms with Crippen molar-refractivity contribution in [3.05, 3.63) is 101 Å². The quantitative estimate of drug-likeness (QED) is 0.403. The molecule has 2 heterocycles. The Morgan fingerprint density at radius 3 is 2.52 bits per heavy atom. The molecule has 2 aromatic carbocycles. The average Bonchev–Trinajstić information content (AvgIpc) is 3.48. The zero-order valence-electron chi connectivity index (χ0n) is 18.3. The number of carbonyl (C=O) groups excluding carboxylic acids is 2. The number of nitrogens with one attached hydrogen (secondary N) is 1. The van der Waals surface area contributed by atoms with Gasteiger partial charge in [0.1, 0.15) is 18.1 Å². The molecule has 1 amide bonds. The van der Waals surface area contributed by atoms with Crippen molar-refractivity contribution in [2.24, 2.45) is 0 Å². The molecule has 0 fully saturated rings. The van der Waals surface area contributed by atoms with E-state index in [-0.39, 0.29) is 18.3 Å². The summed E-state index contributed by atoms with van der Waals surface area (Å²) >= 11 is 0. The van der Waals surface area contributed by atoms with Crippen molar-refractivity contribution in [1.82, 2.24) is 9.78 Å². The van der Waals surface area contributed by atoms with E-state index in [1.807, 2.05) is 6.92 Å². The Bertz CT molecular complexity index is 1240. The first-order valence-electron chi connectivity index (χ1n) is 10.3. The van der Waals surface area contributed by atoms with E-state index in [1.165, 1.54) is 12.7 Å². The van der Waals surface area contributed by atoms with Crippen LogP contribution in [0.1, 0.15) is 37.8 Å². The second-order valence-electron chi connectivity index (χ2n) is 7.44. The van der Waals surface area contributed by atoms with Gasteiger partial charge in [-0.15, -0.1) is 0 Å².